The summed E-state index contributed by atoms with van der Waals surface area (Å²) in [5.41, 5.74) is 5.71. The Hall–Kier alpha value is -1.38. The van der Waals surface area contributed by atoms with Gasteiger partial charge >= 0.3 is 0 Å². The van der Waals surface area contributed by atoms with Gasteiger partial charge in [0.1, 0.15) is 5.69 Å². The Morgan fingerprint density at radius 2 is 2.27 bits per heavy atom. The van der Waals surface area contributed by atoms with E-state index in [1.165, 1.54) is 12.1 Å². The number of hydrogen-bond acceptors (Lipinski definition) is 4. The molecule has 1 aromatic carbocycles. The summed E-state index contributed by atoms with van der Waals surface area (Å²) in [5.74, 6) is 5.66. The molecule has 0 saturated heterocycles. The molecular formula is C9H7ClN2O2S. The maximum Gasteiger partial charge on any atom is 0.294 e. The number of nitrogens with zero attached hydrogens (tertiary/aromatic N) is 1. The number of nitrogen functional groups attached to an aromatic ring is 1. The summed E-state index contributed by atoms with van der Waals surface area (Å²) >= 11 is 9.59. The lowest BCUT2D eigenvalue weighted by Crippen LogP contribution is -1.98. The van der Waals surface area contributed by atoms with Gasteiger partial charge in [0, 0.05) is 11.1 Å². The number of nitrogens with two attached hydrogens (primary N) is 1. The van der Waals surface area contributed by atoms with Crippen LogP contribution in [0.2, 0.25) is 5.02 Å². The fourth-order valence-electron chi connectivity index (χ4n) is 0.993. The van der Waals surface area contributed by atoms with Gasteiger partial charge < -0.3 is 5.73 Å². The highest BCUT2D eigenvalue weighted by Crippen LogP contribution is 2.28. The molecule has 15 heavy (non-hydrogen) atoms. The molecule has 0 saturated carbocycles. The first kappa shape index (κ1) is 11.7. The van der Waals surface area contributed by atoms with E-state index in [-0.39, 0.29) is 16.4 Å². The molecule has 2 N–H and O–H groups in total. The smallest absolute Gasteiger partial charge is 0.294 e. The molecule has 1 aromatic rings. The molecule has 0 aliphatic heterocycles. The van der Waals surface area contributed by atoms with Gasteiger partial charge in [-0.15, -0.1) is 0 Å². The van der Waals surface area contributed by atoms with Gasteiger partial charge in [-0.2, -0.15) is 12.6 Å². The third-order valence-electron chi connectivity index (χ3n) is 1.62. The molecule has 0 unspecified atom stereocenters. The van der Waals surface area contributed by atoms with E-state index in [0.29, 0.717) is 11.3 Å². The second kappa shape index (κ2) is 4.91. The summed E-state index contributed by atoms with van der Waals surface area (Å²) in [6.45, 7) is 0. The Labute approximate surface area is 97.0 Å². The van der Waals surface area contributed by atoms with E-state index in [0.717, 1.165) is 0 Å². The fourth-order valence-corrected chi connectivity index (χ4v) is 1.28. The molecule has 0 aliphatic carbocycles. The minimum Gasteiger partial charge on any atom is -0.392 e. The van der Waals surface area contributed by atoms with E-state index in [4.69, 9.17) is 17.3 Å². The van der Waals surface area contributed by atoms with Crippen LogP contribution in [0.3, 0.4) is 0 Å². The van der Waals surface area contributed by atoms with Crippen molar-refractivity contribution in [3.8, 4) is 11.8 Å². The van der Waals surface area contributed by atoms with Crippen LogP contribution in [-0.2, 0) is 0 Å². The van der Waals surface area contributed by atoms with Gasteiger partial charge in [0.2, 0.25) is 0 Å². The molecule has 0 bridgehead atoms. The molecule has 0 aromatic heterocycles. The summed E-state index contributed by atoms with van der Waals surface area (Å²) in [4.78, 5) is 10.0. The first-order valence-corrected chi connectivity index (χ1v) is 4.90. The van der Waals surface area contributed by atoms with Gasteiger partial charge in [-0.3, -0.25) is 10.1 Å². The zero-order chi connectivity index (χ0) is 11.4. The van der Waals surface area contributed by atoms with Crippen molar-refractivity contribution in [2.24, 2.45) is 0 Å². The Morgan fingerprint density at radius 3 is 2.80 bits per heavy atom. The zero-order valence-electron chi connectivity index (χ0n) is 7.53. The molecular weight excluding hydrogens is 236 g/mol. The Balaban J connectivity index is 3.34. The molecule has 0 fully saturated rings. The van der Waals surface area contributed by atoms with Crippen molar-refractivity contribution in [1.29, 1.82) is 0 Å². The van der Waals surface area contributed by atoms with Crippen LogP contribution in [0.5, 0.6) is 0 Å². The minimum atomic E-state index is -0.590. The Bertz CT molecular complexity index is 465. The quantitative estimate of drug-likeness (QED) is 0.261. The van der Waals surface area contributed by atoms with Crippen molar-refractivity contribution in [3.05, 3.63) is 32.8 Å². The van der Waals surface area contributed by atoms with E-state index in [1.807, 2.05) is 0 Å². The van der Waals surface area contributed by atoms with Gasteiger partial charge in [0.15, 0.2) is 0 Å². The molecule has 0 atom stereocenters. The second-order valence-corrected chi connectivity index (χ2v) is 3.36. The van der Waals surface area contributed by atoms with Gasteiger partial charge in [0.05, 0.1) is 16.2 Å². The van der Waals surface area contributed by atoms with E-state index in [2.05, 4.69) is 24.5 Å². The van der Waals surface area contributed by atoms with Gasteiger partial charge in [-0.1, -0.05) is 23.4 Å². The number of benzene rings is 1. The first-order chi connectivity index (χ1) is 7.06. The molecule has 0 heterocycles. The summed E-state index contributed by atoms with van der Waals surface area (Å²) < 4.78 is 0. The monoisotopic (exact) mass is 242 g/mol. The van der Waals surface area contributed by atoms with Crippen molar-refractivity contribution in [1.82, 2.24) is 0 Å². The highest BCUT2D eigenvalue weighted by atomic mass is 35.5. The molecule has 0 radical (unpaired) electrons. The zero-order valence-corrected chi connectivity index (χ0v) is 9.18. The van der Waals surface area contributed by atoms with Crippen LogP contribution in [0.4, 0.5) is 11.4 Å². The molecule has 6 heteroatoms. The van der Waals surface area contributed by atoms with Crippen molar-refractivity contribution in [2.45, 2.75) is 0 Å². The lowest BCUT2D eigenvalue weighted by molar-refractivity contribution is -0.383. The maximum absolute atomic E-state index is 10.6. The summed E-state index contributed by atoms with van der Waals surface area (Å²) in [7, 11) is 0. The van der Waals surface area contributed by atoms with Crippen molar-refractivity contribution < 1.29 is 4.92 Å². The lowest BCUT2D eigenvalue weighted by Gasteiger charge is -2.00. The lowest BCUT2D eigenvalue weighted by atomic mass is 10.1. The fraction of sp³-hybridized carbons (Fsp3) is 0.111. The number of nitro groups is 1. The van der Waals surface area contributed by atoms with Crippen LogP contribution < -0.4 is 5.73 Å². The maximum atomic E-state index is 10.6. The molecule has 0 amide bonds. The molecule has 4 nitrogen and oxygen atoms in total. The number of thiol groups is 1. The first-order valence-electron chi connectivity index (χ1n) is 3.89. The Morgan fingerprint density at radius 1 is 1.60 bits per heavy atom. The van der Waals surface area contributed by atoms with Crippen LogP contribution in [0.1, 0.15) is 5.56 Å². The van der Waals surface area contributed by atoms with E-state index in [1.54, 1.807) is 0 Å². The van der Waals surface area contributed by atoms with Crippen LogP contribution in [-0.4, -0.2) is 10.7 Å². The second-order valence-electron chi connectivity index (χ2n) is 2.60. The predicted octanol–water partition coefficient (Wildman–Crippen LogP) is 2.11. The largest absolute Gasteiger partial charge is 0.392 e. The van der Waals surface area contributed by atoms with Crippen molar-refractivity contribution in [2.75, 3.05) is 11.5 Å². The minimum absolute atomic E-state index is 0.0266. The Kier molecular flexibility index (Phi) is 3.83. The standard InChI is InChI=1S/C9H7ClN2O2S/c10-7-4-6(2-1-3-15)9(11)8(5-7)12(13)14/h4-5,15H,3,11H2. The van der Waals surface area contributed by atoms with Crippen molar-refractivity contribution in [3.63, 3.8) is 0 Å². The topological polar surface area (TPSA) is 69.2 Å². The predicted molar refractivity (Wildman–Crippen MR) is 63.2 cm³/mol. The highest BCUT2D eigenvalue weighted by molar-refractivity contribution is 7.80. The highest BCUT2D eigenvalue weighted by Gasteiger charge is 2.15. The van der Waals surface area contributed by atoms with Crippen LogP contribution in [0, 0.1) is 22.0 Å². The number of rotatable bonds is 1. The molecule has 0 spiro atoms. The number of nitro benzene ring substituents is 1. The van der Waals surface area contributed by atoms with Gasteiger partial charge in [-0.05, 0) is 6.07 Å². The average Bonchev–Trinajstić information content (AvgIpc) is 2.18. The van der Waals surface area contributed by atoms with Crippen LogP contribution in [0.15, 0.2) is 12.1 Å². The number of hydrogen-bond donors (Lipinski definition) is 2. The van der Waals surface area contributed by atoms with Crippen molar-refractivity contribution >= 4 is 35.6 Å². The summed E-state index contributed by atoms with van der Waals surface area (Å²) in [6, 6.07) is 2.68. The molecule has 0 aliphatic rings. The number of anilines is 1. The molecule has 78 valence electrons. The third-order valence-corrected chi connectivity index (χ3v) is 2.00. The summed E-state index contributed by atoms with van der Waals surface area (Å²) in [5, 5.41) is 10.8. The normalized spacial score (nSPS) is 9.20. The average molecular weight is 243 g/mol. The number of halogens is 1. The third kappa shape index (κ3) is 2.78. The van der Waals surface area contributed by atoms with E-state index >= 15 is 0 Å². The van der Waals surface area contributed by atoms with E-state index in [9.17, 15) is 10.1 Å². The van der Waals surface area contributed by atoms with Crippen LogP contribution in [0.25, 0.3) is 0 Å². The van der Waals surface area contributed by atoms with Gasteiger partial charge in [-0.25, -0.2) is 0 Å². The van der Waals surface area contributed by atoms with Crippen LogP contribution >= 0.6 is 24.2 Å². The molecule has 1 rings (SSSR count). The van der Waals surface area contributed by atoms with E-state index < -0.39 is 4.92 Å². The van der Waals surface area contributed by atoms with Gasteiger partial charge in [0.25, 0.3) is 5.69 Å². The summed E-state index contributed by atoms with van der Waals surface area (Å²) in [6.07, 6.45) is 0. The SMILES string of the molecule is Nc1c(C#CCS)cc(Cl)cc1[N+](=O)[O-].